The van der Waals surface area contributed by atoms with Gasteiger partial charge in [-0.15, -0.1) is 0 Å². The van der Waals surface area contributed by atoms with Crippen molar-refractivity contribution in [3.63, 3.8) is 0 Å². The standard InChI is InChI=1S/C21H17ClN4O3S2/c22-15-9-11-16(12-10-15)23-21(27)18(13-14-5-2-1-3-6-14)26-31(28,29)19-8-4-7-17-20(19)25-30-24-17/h1-12,18,26H,13H2,(H,23,27). The molecule has 4 rings (SSSR count). The van der Waals surface area contributed by atoms with Gasteiger partial charge in [0.1, 0.15) is 22.0 Å². The van der Waals surface area contributed by atoms with Crippen molar-refractivity contribution < 1.29 is 13.2 Å². The zero-order valence-electron chi connectivity index (χ0n) is 16.0. The third-order valence-electron chi connectivity index (χ3n) is 4.55. The van der Waals surface area contributed by atoms with Crippen LogP contribution < -0.4 is 10.0 Å². The quantitative estimate of drug-likeness (QED) is 0.425. The highest BCUT2D eigenvalue weighted by molar-refractivity contribution is 7.89. The Hall–Kier alpha value is -2.85. The first kappa shape index (κ1) is 21.4. The molecule has 7 nitrogen and oxygen atoms in total. The van der Waals surface area contributed by atoms with E-state index < -0.39 is 22.0 Å². The summed E-state index contributed by atoms with van der Waals surface area (Å²) in [6.07, 6.45) is 0.171. The Morgan fingerprint density at radius 1 is 0.968 bits per heavy atom. The molecule has 1 unspecified atom stereocenters. The summed E-state index contributed by atoms with van der Waals surface area (Å²) in [6, 6.07) is 19.5. The number of aromatic nitrogens is 2. The van der Waals surface area contributed by atoms with Gasteiger partial charge in [-0.2, -0.15) is 13.5 Å². The molecule has 0 aliphatic heterocycles. The van der Waals surface area contributed by atoms with Crippen molar-refractivity contribution in [2.24, 2.45) is 0 Å². The molecule has 0 radical (unpaired) electrons. The lowest BCUT2D eigenvalue weighted by atomic mass is 10.1. The van der Waals surface area contributed by atoms with Crippen LogP contribution in [0.3, 0.4) is 0 Å². The van der Waals surface area contributed by atoms with Crippen molar-refractivity contribution in [3.8, 4) is 0 Å². The maximum absolute atomic E-state index is 13.2. The third kappa shape index (κ3) is 5.08. The van der Waals surface area contributed by atoms with Crippen LogP contribution in [-0.4, -0.2) is 29.1 Å². The van der Waals surface area contributed by atoms with Crippen molar-refractivity contribution in [1.82, 2.24) is 13.5 Å². The smallest absolute Gasteiger partial charge is 0.243 e. The average molecular weight is 473 g/mol. The number of amides is 1. The molecule has 0 saturated heterocycles. The van der Waals surface area contributed by atoms with Gasteiger partial charge < -0.3 is 5.32 Å². The predicted molar refractivity (Wildman–Crippen MR) is 122 cm³/mol. The second-order valence-corrected chi connectivity index (χ2v) is 9.40. The van der Waals surface area contributed by atoms with Gasteiger partial charge in [-0.3, -0.25) is 4.79 Å². The number of carbonyl (C=O) groups excluding carboxylic acids is 1. The molecule has 2 N–H and O–H groups in total. The molecule has 10 heteroatoms. The number of sulfonamides is 1. The van der Waals surface area contributed by atoms with Gasteiger partial charge in [0.15, 0.2) is 0 Å². The monoisotopic (exact) mass is 472 g/mol. The van der Waals surface area contributed by atoms with Gasteiger partial charge in [-0.25, -0.2) is 8.42 Å². The molecule has 1 atom stereocenters. The summed E-state index contributed by atoms with van der Waals surface area (Å²) < 4.78 is 37.1. The molecule has 1 amide bonds. The highest BCUT2D eigenvalue weighted by atomic mass is 35.5. The van der Waals surface area contributed by atoms with Crippen LogP contribution in [0, 0.1) is 0 Å². The van der Waals surface area contributed by atoms with Crippen LogP contribution in [0.5, 0.6) is 0 Å². The van der Waals surface area contributed by atoms with Crippen LogP contribution in [-0.2, 0) is 21.2 Å². The van der Waals surface area contributed by atoms with Crippen LogP contribution in [0.1, 0.15) is 5.56 Å². The van der Waals surface area contributed by atoms with Crippen molar-refractivity contribution in [2.45, 2.75) is 17.4 Å². The molecular formula is C21H17ClN4O3S2. The molecule has 1 aromatic heterocycles. The number of anilines is 1. The van der Waals surface area contributed by atoms with Crippen molar-refractivity contribution in [1.29, 1.82) is 0 Å². The number of nitrogens with zero attached hydrogens (tertiary/aromatic N) is 2. The molecule has 0 saturated carbocycles. The Balaban J connectivity index is 1.64. The summed E-state index contributed by atoms with van der Waals surface area (Å²) in [5.41, 5.74) is 2.09. The fraction of sp³-hybridized carbons (Fsp3) is 0.0952. The second-order valence-electron chi connectivity index (χ2n) is 6.75. The number of fused-ring (bicyclic) bond motifs is 1. The minimum atomic E-state index is -4.05. The Labute approximate surface area is 188 Å². The Kier molecular flexibility index (Phi) is 6.28. The topological polar surface area (TPSA) is 101 Å². The molecule has 158 valence electrons. The van der Waals surface area contributed by atoms with Crippen molar-refractivity contribution >= 4 is 56.0 Å². The highest BCUT2D eigenvalue weighted by Gasteiger charge is 2.28. The molecule has 1 heterocycles. The highest BCUT2D eigenvalue weighted by Crippen LogP contribution is 2.22. The zero-order chi connectivity index (χ0) is 21.8. The van der Waals surface area contributed by atoms with Crippen LogP contribution >= 0.6 is 23.3 Å². The number of rotatable bonds is 7. The number of hydrogen-bond donors (Lipinski definition) is 2. The number of nitrogens with one attached hydrogen (secondary N) is 2. The van der Waals surface area contributed by atoms with Gasteiger partial charge in [0, 0.05) is 10.7 Å². The van der Waals surface area contributed by atoms with E-state index in [0.29, 0.717) is 16.2 Å². The maximum atomic E-state index is 13.2. The van der Waals surface area contributed by atoms with Crippen LogP contribution in [0.4, 0.5) is 5.69 Å². The Morgan fingerprint density at radius 2 is 1.71 bits per heavy atom. The summed E-state index contributed by atoms with van der Waals surface area (Å²) in [4.78, 5) is 13.0. The SMILES string of the molecule is O=C(Nc1ccc(Cl)cc1)C(Cc1ccccc1)NS(=O)(=O)c1cccc2nsnc12. The molecule has 0 bridgehead atoms. The molecule has 31 heavy (non-hydrogen) atoms. The summed E-state index contributed by atoms with van der Waals surface area (Å²) in [5.74, 6) is -0.488. The van der Waals surface area contributed by atoms with E-state index in [0.717, 1.165) is 17.3 Å². The van der Waals surface area contributed by atoms with Crippen molar-refractivity contribution in [2.75, 3.05) is 5.32 Å². The van der Waals surface area contributed by atoms with E-state index in [-0.39, 0.29) is 16.8 Å². The van der Waals surface area contributed by atoms with Gasteiger partial charge in [0.05, 0.1) is 11.7 Å². The third-order valence-corrected chi connectivity index (χ3v) is 6.84. The fourth-order valence-corrected chi connectivity index (χ4v) is 5.14. The number of benzene rings is 3. The first-order valence-electron chi connectivity index (χ1n) is 9.26. The molecule has 0 aliphatic rings. The van der Waals surface area contributed by atoms with Gasteiger partial charge in [0.2, 0.25) is 15.9 Å². The predicted octanol–water partition coefficient (Wildman–Crippen LogP) is 3.87. The zero-order valence-corrected chi connectivity index (χ0v) is 18.4. The van der Waals surface area contributed by atoms with Crippen LogP contribution in [0.25, 0.3) is 11.0 Å². The normalized spacial score (nSPS) is 12.5. The average Bonchev–Trinajstić information content (AvgIpc) is 3.24. The summed E-state index contributed by atoms with van der Waals surface area (Å²) in [7, 11) is -4.05. The lowest BCUT2D eigenvalue weighted by Gasteiger charge is -2.19. The largest absolute Gasteiger partial charge is 0.325 e. The Morgan fingerprint density at radius 3 is 2.45 bits per heavy atom. The Bertz CT molecular complexity index is 1310. The fourth-order valence-electron chi connectivity index (χ4n) is 3.05. The molecule has 0 fully saturated rings. The minimum absolute atomic E-state index is 0.0175. The van der Waals surface area contributed by atoms with E-state index in [9.17, 15) is 13.2 Å². The van der Waals surface area contributed by atoms with Gasteiger partial charge >= 0.3 is 0 Å². The van der Waals surface area contributed by atoms with E-state index in [1.54, 1.807) is 36.4 Å². The lowest BCUT2D eigenvalue weighted by Crippen LogP contribution is -2.45. The molecular weight excluding hydrogens is 456 g/mol. The van der Waals surface area contributed by atoms with Crippen LogP contribution in [0.2, 0.25) is 5.02 Å². The number of carbonyl (C=O) groups is 1. The first-order valence-corrected chi connectivity index (χ1v) is 11.9. The van der Waals surface area contributed by atoms with Gasteiger partial charge in [0.25, 0.3) is 0 Å². The summed E-state index contributed by atoms with van der Waals surface area (Å²) in [5, 5.41) is 3.28. The summed E-state index contributed by atoms with van der Waals surface area (Å²) in [6.45, 7) is 0. The second kappa shape index (κ2) is 9.11. The lowest BCUT2D eigenvalue weighted by molar-refractivity contribution is -0.117. The minimum Gasteiger partial charge on any atom is -0.325 e. The molecule has 4 aromatic rings. The van der Waals surface area contributed by atoms with E-state index in [1.165, 1.54) is 6.07 Å². The van der Waals surface area contributed by atoms with E-state index in [4.69, 9.17) is 11.6 Å². The molecule has 3 aromatic carbocycles. The molecule has 0 aliphatic carbocycles. The first-order chi connectivity index (χ1) is 14.9. The van der Waals surface area contributed by atoms with Gasteiger partial charge in [-0.05, 0) is 48.4 Å². The molecule has 0 spiro atoms. The summed E-state index contributed by atoms with van der Waals surface area (Å²) >= 11 is 6.83. The van der Waals surface area contributed by atoms with Crippen LogP contribution in [0.15, 0.2) is 77.7 Å². The van der Waals surface area contributed by atoms with Crippen molar-refractivity contribution in [3.05, 3.63) is 83.4 Å². The van der Waals surface area contributed by atoms with E-state index in [2.05, 4.69) is 18.8 Å². The van der Waals surface area contributed by atoms with E-state index >= 15 is 0 Å². The van der Waals surface area contributed by atoms with E-state index in [1.807, 2.05) is 30.3 Å². The number of hydrogen-bond acceptors (Lipinski definition) is 6. The van der Waals surface area contributed by atoms with Gasteiger partial charge in [-0.1, -0.05) is 48.0 Å². The maximum Gasteiger partial charge on any atom is 0.243 e. The number of halogens is 1.